The maximum Gasteiger partial charge on any atom is 0.312 e. The minimum atomic E-state index is -0.489. The Balaban J connectivity index is 2.20. The summed E-state index contributed by atoms with van der Waals surface area (Å²) in [6.45, 7) is 5.62. The van der Waals surface area contributed by atoms with Crippen LogP contribution in [-0.2, 0) is 16.0 Å². The molecule has 144 valence electrons. The molecule has 2 aromatic rings. The maximum atomic E-state index is 12.2. The molecule has 0 radical (unpaired) electrons. The summed E-state index contributed by atoms with van der Waals surface area (Å²) in [5.41, 5.74) is 0.398. The third-order valence-electron chi connectivity index (χ3n) is 4.41. The monoisotopic (exact) mass is 391 g/mol. The Bertz CT molecular complexity index is 894. The predicted molar refractivity (Wildman–Crippen MR) is 102 cm³/mol. The molecule has 1 heterocycles. The van der Waals surface area contributed by atoms with Crippen LogP contribution in [0.15, 0.2) is 24.3 Å². The summed E-state index contributed by atoms with van der Waals surface area (Å²) in [6, 6.07) is 7.45. The molecule has 0 saturated carbocycles. The number of nitrogens with one attached hydrogen (secondary N) is 1. The Labute approximate surface area is 162 Å². The zero-order valence-electron chi connectivity index (χ0n) is 15.6. The molecule has 27 heavy (non-hydrogen) atoms. The Hall–Kier alpha value is -2.31. The molecule has 1 aliphatic heterocycles. The van der Waals surface area contributed by atoms with Gasteiger partial charge < -0.3 is 14.2 Å². The van der Waals surface area contributed by atoms with Gasteiger partial charge in [-0.1, -0.05) is 24.3 Å². The van der Waals surface area contributed by atoms with Gasteiger partial charge in [-0.3, -0.25) is 9.59 Å². The van der Waals surface area contributed by atoms with Gasteiger partial charge in [-0.25, -0.2) is 4.84 Å². The van der Waals surface area contributed by atoms with Crippen molar-refractivity contribution in [3.8, 4) is 17.2 Å². The van der Waals surface area contributed by atoms with Gasteiger partial charge in [0.2, 0.25) is 0 Å². The Kier molecular flexibility index (Phi) is 5.58. The first-order chi connectivity index (χ1) is 12.8. The minimum absolute atomic E-state index is 0.0813. The number of ether oxygens (including phenoxy) is 3. The normalized spacial score (nSPS) is 15.0. The molecular weight excluding hydrogens is 370 g/mol. The SMILES string of the molecule is CC(=O)Oc1c2c(c3ccccc3c1OC(=O)CCNCl)OC(C)(C)CC2. The lowest BCUT2D eigenvalue weighted by molar-refractivity contribution is -0.136. The van der Waals surface area contributed by atoms with Crippen molar-refractivity contribution in [1.29, 1.82) is 0 Å². The van der Waals surface area contributed by atoms with Crippen molar-refractivity contribution in [1.82, 2.24) is 4.84 Å². The lowest BCUT2D eigenvalue weighted by Crippen LogP contribution is -2.33. The fraction of sp³-hybridized carbons (Fsp3) is 0.400. The number of halogens is 1. The molecule has 0 aliphatic carbocycles. The first-order valence-electron chi connectivity index (χ1n) is 8.81. The van der Waals surface area contributed by atoms with E-state index >= 15 is 0 Å². The van der Waals surface area contributed by atoms with Crippen LogP contribution >= 0.6 is 11.8 Å². The van der Waals surface area contributed by atoms with Crippen LogP contribution in [0.5, 0.6) is 17.2 Å². The molecule has 0 atom stereocenters. The topological polar surface area (TPSA) is 73.9 Å². The summed E-state index contributed by atoms with van der Waals surface area (Å²) in [4.78, 5) is 26.4. The molecule has 7 heteroatoms. The van der Waals surface area contributed by atoms with E-state index in [0.717, 1.165) is 17.4 Å². The number of carbonyl (C=O) groups excluding carboxylic acids is 2. The van der Waals surface area contributed by atoms with E-state index in [2.05, 4.69) is 4.84 Å². The van der Waals surface area contributed by atoms with E-state index in [1.54, 1.807) is 0 Å². The number of hydrogen-bond acceptors (Lipinski definition) is 6. The molecular formula is C20H22ClNO5. The third kappa shape index (κ3) is 4.17. The number of benzene rings is 2. The van der Waals surface area contributed by atoms with E-state index in [1.165, 1.54) is 6.92 Å². The highest BCUT2D eigenvalue weighted by atomic mass is 35.5. The zero-order valence-corrected chi connectivity index (χ0v) is 16.3. The van der Waals surface area contributed by atoms with Crippen LogP contribution in [0, 0.1) is 0 Å². The Morgan fingerprint density at radius 1 is 1.19 bits per heavy atom. The summed E-state index contributed by atoms with van der Waals surface area (Å²) in [5, 5.41) is 1.46. The highest BCUT2D eigenvalue weighted by molar-refractivity contribution is 6.13. The average Bonchev–Trinajstić information content (AvgIpc) is 2.61. The lowest BCUT2D eigenvalue weighted by atomic mass is 9.91. The Morgan fingerprint density at radius 3 is 2.56 bits per heavy atom. The first-order valence-corrected chi connectivity index (χ1v) is 9.19. The summed E-state index contributed by atoms with van der Waals surface area (Å²) < 4.78 is 17.3. The van der Waals surface area contributed by atoms with Gasteiger partial charge in [0.1, 0.15) is 11.4 Å². The molecule has 3 rings (SSSR count). The van der Waals surface area contributed by atoms with E-state index in [4.69, 9.17) is 26.0 Å². The predicted octanol–water partition coefficient (Wildman–Crippen LogP) is 3.91. The highest BCUT2D eigenvalue weighted by Gasteiger charge is 2.33. The van der Waals surface area contributed by atoms with Crippen LogP contribution in [0.1, 0.15) is 39.2 Å². The molecule has 0 amide bonds. The van der Waals surface area contributed by atoms with Gasteiger partial charge in [-0.05, 0) is 38.5 Å². The van der Waals surface area contributed by atoms with Crippen LogP contribution in [0.25, 0.3) is 10.8 Å². The van der Waals surface area contributed by atoms with E-state index in [1.807, 2.05) is 38.1 Å². The van der Waals surface area contributed by atoms with Gasteiger partial charge in [0, 0.05) is 29.8 Å². The zero-order chi connectivity index (χ0) is 19.6. The highest BCUT2D eigenvalue weighted by Crippen LogP contribution is 2.50. The summed E-state index contributed by atoms with van der Waals surface area (Å²) in [7, 11) is 0. The van der Waals surface area contributed by atoms with Gasteiger partial charge in [0.05, 0.1) is 6.42 Å². The number of esters is 2. The smallest absolute Gasteiger partial charge is 0.312 e. The van der Waals surface area contributed by atoms with Crippen molar-refractivity contribution in [2.75, 3.05) is 6.54 Å². The standard InChI is InChI=1S/C20H22ClNO5/c1-12(23)25-19-15-8-10-20(2,3)27-17(15)13-6-4-5-7-14(13)18(19)26-16(24)9-11-22-21/h4-7,22H,8-11H2,1-3H3. The average molecular weight is 392 g/mol. The van der Waals surface area contributed by atoms with Crippen molar-refractivity contribution in [3.05, 3.63) is 29.8 Å². The second kappa shape index (κ2) is 7.74. The Morgan fingerprint density at radius 2 is 1.89 bits per heavy atom. The second-order valence-electron chi connectivity index (χ2n) is 7.07. The first kappa shape index (κ1) is 19.5. The van der Waals surface area contributed by atoms with E-state index in [9.17, 15) is 9.59 Å². The summed E-state index contributed by atoms with van der Waals surface area (Å²) in [5.74, 6) is 0.192. The van der Waals surface area contributed by atoms with Crippen molar-refractivity contribution < 1.29 is 23.8 Å². The molecule has 1 aliphatic rings. The van der Waals surface area contributed by atoms with Gasteiger partial charge in [0.25, 0.3) is 0 Å². The fourth-order valence-electron chi connectivity index (χ4n) is 3.17. The fourth-order valence-corrected chi connectivity index (χ4v) is 3.26. The molecule has 0 fully saturated rings. The number of hydrogen-bond donors (Lipinski definition) is 1. The van der Waals surface area contributed by atoms with Crippen LogP contribution in [0.4, 0.5) is 0 Å². The number of rotatable bonds is 5. The van der Waals surface area contributed by atoms with E-state index in [-0.39, 0.29) is 30.1 Å². The molecule has 6 nitrogen and oxygen atoms in total. The summed E-state index contributed by atoms with van der Waals surface area (Å²) in [6.07, 6.45) is 1.47. The van der Waals surface area contributed by atoms with Gasteiger partial charge in [-0.2, -0.15) is 0 Å². The lowest BCUT2D eigenvalue weighted by Gasteiger charge is -2.34. The number of fused-ring (bicyclic) bond motifs is 3. The molecule has 0 aromatic heterocycles. The second-order valence-corrected chi connectivity index (χ2v) is 7.34. The van der Waals surface area contributed by atoms with Crippen LogP contribution in [0.2, 0.25) is 0 Å². The van der Waals surface area contributed by atoms with Crippen molar-refractivity contribution in [2.45, 2.75) is 45.6 Å². The van der Waals surface area contributed by atoms with E-state index in [0.29, 0.717) is 17.6 Å². The molecule has 0 unspecified atom stereocenters. The summed E-state index contributed by atoms with van der Waals surface area (Å²) >= 11 is 5.42. The van der Waals surface area contributed by atoms with Crippen LogP contribution in [-0.4, -0.2) is 24.1 Å². The molecule has 0 saturated heterocycles. The van der Waals surface area contributed by atoms with E-state index < -0.39 is 11.9 Å². The largest absolute Gasteiger partial charge is 0.487 e. The quantitative estimate of drug-likeness (QED) is 0.473. The molecule has 2 aromatic carbocycles. The van der Waals surface area contributed by atoms with Crippen molar-refractivity contribution in [2.24, 2.45) is 0 Å². The number of carbonyl (C=O) groups is 2. The third-order valence-corrected chi connectivity index (χ3v) is 4.60. The van der Waals surface area contributed by atoms with Crippen molar-refractivity contribution >= 4 is 34.5 Å². The maximum absolute atomic E-state index is 12.2. The minimum Gasteiger partial charge on any atom is -0.487 e. The van der Waals surface area contributed by atoms with Crippen molar-refractivity contribution in [3.63, 3.8) is 0 Å². The molecule has 1 N–H and O–H groups in total. The van der Waals surface area contributed by atoms with Gasteiger partial charge >= 0.3 is 11.9 Å². The molecule has 0 spiro atoms. The van der Waals surface area contributed by atoms with Crippen LogP contribution < -0.4 is 19.0 Å². The molecule has 0 bridgehead atoms. The van der Waals surface area contributed by atoms with Gasteiger partial charge in [-0.15, -0.1) is 0 Å². The van der Waals surface area contributed by atoms with Crippen LogP contribution in [0.3, 0.4) is 0 Å². The van der Waals surface area contributed by atoms with Gasteiger partial charge in [0.15, 0.2) is 11.5 Å².